The predicted octanol–water partition coefficient (Wildman–Crippen LogP) is 2.45. The van der Waals surface area contributed by atoms with E-state index in [0.29, 0.717) is 19.6 Å². The van der Waals surface area contributed by atoms with Gasteiger partial charge in [-0.1, -0.05) is 25.1 Å². The van der Waals surface area contributed by atoms with E-state index in [1.165, 1.54) is 18.2 Å². The molecule has 21 heavy (non-hydrogen) atoms. The Hall–Kier alpha value is -1.56. The van der Waals surface area contributed by atoms with Crippen molar-refractivity contribution in [3.05, 3.63) is 35.4 Å². The largest absolute Gasteiger partial charge is 0.416 e. The first kappa shape index (κ1) is 15.8. The summed E-state index contributed by atoms with van der Waals surface area (Å²) in [5.41, 5.74) is 4.84. The number of hydrogen-bond acceptors (Lipinski definition) is 2. The smallest absolute Gasteiger partial charge is 0.342 e. The van der Waals surface area contributed by atoms with E-state index in [-0.39, 0.29) is 23.3 Å². The number of nitrogens with two attached hydrogens (primary N) is 1. The van der Waals surface area contributed by atoms with E-state index in [2.05, 4.69) is 0 Å². The SMILES string of the molecule is CC1(CN)CCN(C(=O)Cc2ccccc2C(F)(F)F)C1. The van der Waals surface area contributed by atoms with Crippen molar-refractivity contribution in [1.82, 2.24) is 4.90 Å². The van der Waals surface area contributed by atoms with Gasteiger partial charge < -0.3 is 10.6 Å². The molecule has 1 saturated heterocycles. The highest BCUT2D eigenvalue weighted by atomic mass is 19.4. The van der Waals surface area contributed by atoms with E-state index in [9.17, 15) is 18.0 Å². The standard InChI is InChI=1S/C15H19F3N2O/c1-14(9-19)6-7-20(10-14)13(21)8-11-4-2-3-5-12(11)15(16,17)18/h2-5H,6-10,19H2,1H3. The zero-order chi connectivity index (χ0) is 15.7. The minimum absolute atomic E-state index is 0.0244. The van der Waals surface area contributed by atoms with E-state index in [1.54, 1.807) is 4.90 Å². The van der Waals surface area contributed by atoms with Gasteiger partial charge in [0.25, 0.3) is 0 Å². The summed E-state index contributed by atoms with van der Waals surface area (Å²) in [4.78, 5) is 13.8. The third-order valence-corrected chi connectivity index (χ3v) is 4.07. The maximum Gasteiger partial charge on any atom is 0.416 e. The van der Waals surface area contributed by atoms with E-state index in [4.69, 9.17) is 5.73 Å². The first-order chi connectivity index (χ1) is 9.75. The number of carbonyl (C=O) groups is 1. The second-order valence-corrected chi connectivity index (χ2v) is 5.91. The number of halogens is 3. The third-order valence-electron chi connectivity index (χ3n) is 4.07. The van der Waals surface area contributed by atoms with Gasteiger partial charge in [-0.2, -0.15) is 13.2 Å². The fourth-order valence-electron chi connectivity index (χ4n) is 2.63. The Kier molecular flexibility index (Phi) is 4.27. The molecule has 0 aromatic heterocycles. The van der Waals surface area contributed by atoms with Crippen molar-refractivity contribution in [2.45, 2.75) is 25.9 Å². The van der Waals surface area contributed by atoms with Crippen molar-refractivity contribution in [2.24, 2.45) is 11.1 Å². The normalized spacial score (nSPS) is 22.6. The molecule has 1 amide bonds. The van der Waals surface area contributed by atoms with Gasteiger partial charge in [-0.05, 0) is 30.0 Å². The zero-order valence-corrected chi connectivity index (χ0v) is 11.9. The van der Waals surface area contributed by atoms with Crippen LogP contribution in [0.5, 0.6) is 0 Å². The highest BCUT2D eigenvalue weighted by Crippen LogP contribution is 2.33. The highest BCUT2D eigenvalue weighted by Gasteiger charge is 2.37. The number of amides is 1. The molecule has 2 rings (SSSR count). The van der Waals surface area contributed by atoms with Crippen LogP contribution < -0.4 is 5.73 Å². The Bertz CT molecular complexity index is 530. The third kappa shape index (κ3) is 3.56. The summed E-state index contributed by atoms with van der Waals surface area (Å²) in [6.07, 6.45) is -3.87. The quantitative estimate of drug-likeness (QED) is 0.932. The molecule has 116 valence electrons. The maximum absolute atomic E-state index is 12.9. The molecular formula is C15H19F3N2O. The van der Waals surface area contributed by atoms with Crippen LogP contribution in [0.1, 0.15) is 24.5 Å². The summed E-state index contributed by atoms with van der Waals surface area (Å²) in [5, 5.41) is 0. The number of benzene rings is 1. The molecule has 1 aliphatic rings. The van der Waals surface area contributed by atoms with Crippen LogP contribution in [-0.4, -0.2) is 30.4 Å². The Morgan fingerprint density at radius 2 is 2.05 bits per heavy atom. The van der Waals surface area contributed by atoms with Crippen molar-refractivity contribution in [3.8, 4) is 0 Å². The molecule has 0 saturated carbocycles. The molecule has 1 aromatic rings. The molecule has 0 bridgehead atoms. The number of likely N-dealkylation sites (tertiary alicyclic amines) is 1. The number of rotatable bonds is 3. The fourth-order valence-corrected chi connectivity index (χ4v) is 2.63. The second-order valence-electron chi connectivity index (χ2n) is 5.91. The number of hydrogen-bond donors (Lipinski definition) is 1. The van der Waals surface area contributed by atoms with Gasteiger partial charge in [0.05, 0.1) is 12.0 Å². The average Bonchev–Trinajstić information content (AvgIpc) is 2.82. The molecule has 0 spiro atoms. The second kappa shape index (κ2) is 5.67. The summed E-state index contributed by atoms with van der Waals surface area (Å²) >= 11 is 0. The highest BCUT2D eigenvalue weighted by molar-refractivity contribution is 5.79. The lowest BCUT2D eigenvalue weighted by molar-refractivity contribution is -0.138. The molecule has 2 N–H and O–H groups in total. The van der Waals surface area contributed by atoms with Crippen LogP contribution in [0.25, 0.3) is 0 Å². The minimum Gasteiger partial charge on any atom is -0.342 e. The van der Waals surface area contributed by atoms with Crippen LogP contribution in [0.15, 0.2) is 24.3 Å². The fraction of sp³-hybridized carbons (Fsp3) is 0.533. The van der Waals surface area contributed by atoms with Gasteiger partial charge in [0.1, 0.15) is 0 Å². The monoisotopic (exact) mass is 300 g/mol. The number of nitrogens with zero attached hydrogens (tertiary/aromatic N) is 1. The van der Waals surface area contributed by atoms with Gasteiger partial charge in [-0.15, -0.1) is 0 Å². The molecule has 1 unspecified atom stereocenters. The van der Waals surface area contributed by atoms with E-state index in [1.807, 2.05) is 6.92 Å². The van der Waals surface area contributed by atoms with Gasteiger partial charge in [0.2, 0.25) is 5.91 Å². The van der Waals surface area contributed by atoms with Crippen LogP contribution in [-0.2, 0) is 17.4 Å². The van der Waals surface area contributed by atoms with E-state index in [0.717, 1.165) is 12.5 Å². The minimum atomic E-state index is -4.44. The number of alkyl halides is 3. The van der Waals surface area contributed by atoms with Crippen molar-refractivity contribution in [2.75, 3.05) is 19.6 Å². The molecule has 0 aliphatic carbocycles. The first-order valence-electron chi connectivity index (χ1n) is 6.88. The van der Waals surface area contributed by atoms with Crippen LogP contribution in [0.2, 0.25) is 0 Å². The lowest BCUT2D eigenvalue weighted by Crippen LogP contribution is -2.35. The van der Waals surface area contributed by atoms with E-state index < -0.39 is 11.7 Å². The van der Waals surface area contributed by atoms with Crippen molar-refractivity contribution >= 4 is 5.91 Å². The average molecular weight is 300 g/mol. The molecule has 1 fully saturated rings. The summed E-state index contributed by atoms with van der Waals surface area (Å²) in [6.45, 7) is 3.52. The van der Waals surface area contributed by atoms with E-state index >= 15 is 0 Å². The molecule has 6 heteroatoms. The van der Waals surface area contributed by atoms with Gasteiger partial charge in [-0.3, -0.25) is 4.79 Å². The Balaban J connectivity index is 2.11. The van der Waals surface area contributed by atoms with Gasteiger partial charge in [0.15, 0.2) is 0 Å². The first-order valence-corrected chi connectivity index (χ1v) is 6.88. The summed E-state index contributed by atoms with van der Waals surface area (Å²) in [6, 6.07) is 5.22. The topological polar surface area (TPSA) is 46.3 Å². The predicted molar refractivity (Wildman–Crippen MR) is 73.5 cm³/mol. The Morgan fingerprint density at radius 3 is 2.62 bits per heavy atom. The van der Waals surface area contributed by atoms with Crippen LogP contribution >= 0.6 is 0 Å². The summed E-state index contributed by atoms with van der Waals surface area (Å²) in [7, 11) is 0. The molecule has 1 aromatic carbocycles. The lowest BCUT2D eigenvalue weighted by atomic mass is 9.90. The molecule has 1 heterocycles. The molecule has 1 aliphatic heterocycles. The summed E-state index contributed by atoms with van der Waals surface area (Å²) < 4.78 is 38.7. The van der Waals surface area contributed by atoms with Crippen LogP contribution in [0.4, 0.5) is 13.2 Å². The molecular weight excluding hydrogens is 281 g/mol. The van der Waals surface area contributed by atoms with Crippen LogP contribution in [0, 0.1) is 5.41 Å². The lowest BCUT2D eigenvalue weighted by Gasteiger charge is -2.23. The Labute approximate surface area is 121 Å². The van der Waals surface area contributed by atoms with Crippen molar-refractivity contribution < 1.29 is 18.0 Å². The van der Waals surface area contributed by atoms with Gasteiger partial charge >= 0.3 is 6.18 Å². The molecule has 0 radical (unpaired) electrons. The number of carbonyl (C=O) groups excluding carboxylic acids is 1. The van der Waals surface area contributed by atoms with Crippen LogP contribution in [0.3, 0.4) is 0 Å². The zero-order valence-electron chi connectivity index (χ0n) is 11.9. The van der Waals surface area contributed by atoms with Crippen molar-refractivity contribution in [3.63, 3.8) is 0 Å². The van der Waals surface area contributed by atoms with Gasteiger partial charge in [0, 0.05) is 13.1 Å². The summed E-state index contributed by atoms with van der Waals surface area (Å²) in [5.74, 6) is -0.274. The molecule has 3 nitrogen and oxygen atoms in total. The molecule has 1 atom stereocenters. The van der Waals surface area contributed by atoms with Crippen molar-refractivity contribution in [1.29, 1.82) is 0 Å². The Morgan fingerprint density at radius 1 is 1.38 bits per heavy atom. The van der Waals surface area contributed by atoms with Gasteiger partial charge in [-0.25, -0.2) is 0 Å². The maximum atomic E-state index is 12.9.